The molecule has 2 heterocycles. The second-order valence-corrected chi connectivity index (χ2v) is 7.47. The van der Waals surface area contributed by atoms with Gasteiger partial charge in [0, 0.05) is 13.1 Å². The van der Waals surface area contributed by atoms with E-state index >= 15 is 0 Å². The minimum atomic E-state index is 0.263. The number of amidine groups is 1. The van der Waals surface area contributed by atoms with E-state index in [9.17, 15) is 0 Å². The summed E-state index contributed by atoms with van der Waals surface area (Å²) in [6.45, 7) is 12.6. The van der Waals surface area contributed by atoms with Crippen molar-refractivity contribution < 1.29 is 4.74 Å². The lowest BCUT2D eigenvalue weighted by Crippen LogP contribution is -2.41. The van der Waals surface area contributed by atoms with Crippen molar-refractivity contribution in [2.75, 3.05) is 26.2 Å². The Hall–Kier alpha value is -1.55. The third-order valence-electron chi connectivity index (χ3n) is 5.40. The van der Waals surface area contributed by atoms with Crippen molar-refractivity contribution in [1.82, 2.24) is 10.6 Å². The fraction of sp³-hybridized carbons (Fsp3) is 0.650. The maximum Gasteiger partial charge on any atom is 0.285 e. The fourth-order valence-electron chi connectivity index (χ4n) is 4.03. The molecule has 3 atom stereocenters. The third kappa shape index (κ3) is 3.92. The molecule has 24 heavy (non-hydrogen) atoms. The smallest absolute Gasteiger partial charge is 0.285 e. The number of allylic oxidation sites excluding steroid dienone is 3. The Labute approximate surface area is 146 Å². The molecule has 3 aliphatic rings. The van der Waals surface area contributed by atoms with Gasteiger partial charge in [-0.15, -0.1) is 0 Å². The zero-order chi connectivity index (χ0) is 17.1. The molecule has 0 spiro atoms. The second-order valence-electron chi connectivity index (χ2n) is 7.47. The van der Waals surface area contributed by atoms with Crippen molar-refractivity contribution in [2.24, 2.45) is 16.8 Å². The van der Waals surface area contributed by atoms with E-state index in [1.54, 1.807) is 0 Å². The van der Waals surface area contributed by atoms with Crippen LogP contribution in [-0.2, 0) is 4.74 Å². The summed E-state index contributed by atoms with van der Waals surface area (Å²) in [5.41, 5.74) is 5.85. The van der Waals surface area contributed by atoms with Gasteiger partial charge < -0.3 is 15.4 Å². The van der Waals surface area contributed by atoms with Crippen molar-refractivity contribution in [1.29, 1.82) is 0 Å². The minimum Gasteiger partial charge on any atom is -0.463 e. The van der Waals surface area contributed by atoms with Crippen molar-refractivity contribution in [3.05, 3.63) is 34.4 Å². The molecule has 0 aromatic rings. The van der Waals surface area contributed by atoms with Crippen LogP contribution >= 0.6 is 0 Å². The summed E-state index contributed by atoms with van der Waals surface area (Å²) in [7, 11) is 0. The number of nitrogens with zero attached hydrogens (tertiary/aromatic N) is 1. The van der Waals surface area contributed by atoms with Crippen LogP contribution in [0.2, 0.25) is 0 Å². The van der Waals surface area contributed by atoms with Gasteiger partial charge in [-0.3, -0.25) is 0 Å². The van der Waals surface area contributed by atoms with E-state index < -0.39 is 0 Å². The highest BCUT2D eigenvalue weighted by Gasteiger charge is 2.28. The van der Waals surface area contributed by atoms with Crippen LogP contribution in [0.4, 0.5) is 0 Å². The molecule has 0 aromatic heterocycles. The molecule has 0 aromatic carbocycles. The highest BCUT2D eigenvalue weighted by Crippen LogP contribution is 2.34. The molecule has 3 rings (SSSR count). The van der Waals surface area contributed by atoms with Crippen molar-refractivity contribution in [3.63, 3.8) is 0 Å². The molecule has 2 N–H and O–H groups in total. The number of ether oxygens (including phenoxy) is 1. The summed E-state index contributed by atoms with van der Waals surface area (Å²) in [4.78, 5) is 4.46. The Morgan fingerprint density at radius 2 is 2.21 bits per heavy atom. The molecule has 132 valence electrons. The van der Waals surface area contributed by atoms with Gasteiger partial charge in [0.15, 0.2) is 0 Å². The summed E-state index contributed by atoms with van der Waals surface area (Å²) >= 11 is 0. The standard InChI is InChI=1S/C20H31N3O/c1-13-9-17(12-21-11-13)10-18(23-20-22-7-8-24-20)19-15(3)6-5-14(2)16(19)4/h5,9,13,15,18,21H,6-8,10-12H2,1-4H3,(H,22,23)/t13?,15-,18?/m1/s1. The molecule has 2 unspecified atom stereocenters. The summed E-state index contributed by atoms with van der Waals surface area (Å²) in [6, 6.07) is 0.982. The van der Waals surface area contributed by atoms with Gasteiger partial charge in [0.25, 0.3) is 6.02 Å². The summed E-state index contributed by atoms with van der Waals surface area (Å²) in [6.07, 6.45) is 6.95. The predicted octanol–water partition coefficient (Wildman–Crippen LogP) is 3.19. The molecule has 0 amide bonds. The van der Waals surface area contributed by atoms with Gasteiger partial charge in [-0.25, -0.2) is 4.99 Å². The molecule has 4 nitrogen and oxygen atoms in total. The molecule has 0 fully saturated rings. The van der Waals surface area contributed by atoms with Crippen molar-refractivity contribution in [2.45, 2.75) is 46.6 Å². The second kappa shape index (κ2) is 7.56. The zero-order valence-corrected chi connectivity index (χ0v) is 15.5. The number of hydrogen-bond acceptors (Lipinski definition) is 4. The Kier molecular flexibility index (Phi) is 5.44. The first-order valence-corrected chi connectivity index (χ1v) is 9.26. The maximum atomic E-state index is 5.65. The lowest BCUT2D eigenvalue weighted by atomic mass is 9.79. The topological polar surface area (TPSA) is 45.7 Å². The van der Waals surface area contributed by atoms with E-state index in [1.165, 1.54) is 22.3 Å². The first-order chi connectivity index (χ1) is 11.5. The third-order valence-corrected chi connectivity index (χ3v) is 5.40. The predicted molar refractivity (Wildman–Crippen MR) is 100 cm³/mol. The molecule has 0 saturated heterocycles. The van der Waals surface area contributed by atoms with Crippen LogP contribution in [-0.4, -0.2) is 38.3 Å². The molecule has 0 bridgehead atoms. The minimum absolute atomic E-state index is 0.263. The average Bonchev–Trinajstić information content (AvgIpc) is 3.04. The van der Waals surface area contributed by atoms with Gasteiger partial charge in [0.1, 0.15) is 6.61 Å². The summed E-state index contributed by atoms with van der Waals surface area (Å²) in [5, 5.41) is 7.14. The highest BCUT2D eigenvalue weighted by molar-refractivity contribution is 5.75. The monoisotopic (exact) mass is 329 g/mol. The summed E-state index contributed by atoms with van der Waals surface area (Å²) in [5.74, 6) is 1.16. The molecule has 2 aliphatic heterocycles. The largest absolute Gasteiger partial charge is 0.463 e. The van der Waals surface area contributed by atoms with E-state index in [-0.39, 0.29) is 6.04 Å². The van der Waals surface area contributed by atoms with Crippen LogP contribution in [0.5, 0.6) is 0 Å². The fourth-order valence-corrected chi connectivity index (χ4v) is 4.03. The number of rotatable bonds is 4. The van der Waals surface area contributed by atoms with Crippen LogP contribution < -0.4 is 10.6 Å². The Bertz CT molecular complexity index is 600. The van der Waals surface area contributed by atoms with Crippen LogP contribution in [0.25, 0.3) is 0 Å². The van der Waals surface area contributed by atoms with Crippen molar-refractivity contribution >= 4 is 6.02 Å². The van der Waals surface area contributed by atoms with Crippen LogP contribution in [0.1, 0.15) is 40.5 Å². The number of hydrogen-bond donors (Lipinski definition) is 2. The van der Waals surface area contributed by atoms with E-state index in [0.29, 0.717) is 18.4 Å². The molecule has 1 aliphatic carbocycles. The molecule has 4 heteroatoms. The van der Waals surface area contributed by atoms with Gasteiger partial charge in [0.05, 0.1) is 12.6 Å². The Morgan fingerprint density at radius 1 is 1.38 bits per heavy atom. The lowest BCUT2D eigenvalue weighted by Gasteiger charge is -2.33. The quantitative estimate of drug-likeness (QED) is 0.779. The van der Waals surface area contributed by atoms with Gasteiger partial charge in [-0.05, 0) is 49.7 Å². The van der Waals surface area contributed by atoms with Gasteiger partial charge >= 0.3 is 0 Å². The Balaban J connectivity index is 1.86. The first kappa shape index (κ1) is 17.3. The maximum absolute atomic E-state index is 5.65. The van der Waals surface area contributed by atoms with Crippen molar-refractivity contribution in [3.8, 4) is 0 Å². The zero-order valence-electron chi connectivity index (χ0n) is 15.5. The SMILES string of the molecule is CC1=CC[C@@H](C)C(C(CC2=CC(C)CNC2)NC2=NCCO2)=C1C. The van der Waals surface area contributed by atoms with Gasteiger partial charge in [-0.1, -0.05) is 37.1 Å². The normalized spacial score (nSPS) is 28.8. The number of aliphatic imine (C=N–C) groups is 1. The first-order valence-electron chi connectivity index (χ1n) is 9.26. The average molecular weight is 329 g/mol. The Morgan fingerprint density at radius 3 is 2.92 bits per heavy atom. The van der Waals surface area contributed by atoms with E-state index in [4.69, 9.17) is 4.74 Å². The molecule has 0 saturated carbocycles. The van der Waals surface area contributed by atoms with Gasteiger partial charge in [-0.2, -0.15) is 0 Å². The van der Waals surface area contributed by atoms with E-state index in [1.807, 2.05) is 0 Å². The van der Waals surface area contributed by atoms with E-state index in [0.717, 1.165) is 38.5 Å². The molecular weight excluding hydrogens is 298 g/mol. The molecule has 0 radical (unpaired) electrons. The summed E-state index contributed by atoms with van der Waals surface area (Å²) < 4.78 is 5.65. The van der Waals surface area contributed by atoms with Gasteiger partial charge in [0.2, 0.25) is 0 Å². The molecular formula is C20H31N3O. The van der Waals surface area contributed by atoms with Crippen LogP contribution in [0.15, 0.2) is 39.4 Å². The highest BCUT2D eigenvalue weighted by atomic mass is 16.5. The lowest BCUT2D eigenvalue weighted by molar-refractivity contribution is 0.325. The van der Waals surface area contributed by atoms with E-state index in [2.05, 4.69) is 55.5 Å². The number of nitrogens with one attached hydrogen (secondary N) is 2. The van der Waals surface area contributed by atoms with Crippen LogP contribution in [0.3, 0.4) is 0 Å². The van der Waals surface area contributed by atoms with Crippen LogP contribution in [0, 0.1) is 11.8 Å².